The predicted molar refractivity (Wildman–Crippen MR) is 106 cm³/mol. The molecule has 0 radical (unpaired) electrons. The SMILES string of the molecule is CCOc1ccc(Cc2cc(C3(O)O[C@@H](CO)[C@@H](O)[C@H](O)[C@H]3O)ccc2Cl)cc1. The third kappa shape index (κ3) is 4.41. The average molecular weight is 425 g/mol. The van der Waals surface area contributed by atoms with Crippen molar-refractivity contribution in [2.24, 2.45) is 0 Å². The molecule has 1 saturated heterocycles. The lowest BCUT2D eigenvalue weighted by molar-refractivity contribution is -0.357. The number of hydrogen-bond acceptors (Lipinski definition) is 7. The Morgan fingerprint density at radius 1 is 1.07 bits per heavy atom. The Kier molecular flexibility index (Phi) is 6.80. The second-order valence-corrected chi connectivity index (χ2v) is 7.43. The highest BCUT2D eigenvalue weighted by molar-refractivity contribution is 6.31. The summed E-state index contributed by atoms with van der Waals surface area (Å²) in [5.41, 5.74) is 1.77. The molecule has 29 heavy (non-hydrogen) atoms. The highest BCUT2D eigenvalue weighted by Gasteiger charge is 2.53. The van der Waals surface area contributed by atoms with E-state index in [1.807, 2.05) is 31.2 Å². The van der Waals surface area contributed by atoms with Crippen LogP contribution in [0.2, 0.25) is 5.02 Å². The number of ether oxygens (including phenoxy) is 2. The molecule has 158 valence electrons. The second-order valence-electron chi connectivity index (χ2n) is 7.02. The van der Waals surface area contributed by atoms with Gasteiger partial charge in [-0.25, -0.2) is 0 Å². The summed E-state index contributed by atoms with van der Waals surface area (Å²) >= 11 is 6.32. The summed E-state index contributed by atoms with van der Waals surface area (Å²) in [6, 6.07) is 12.1. The highest BCUT2D eigenvalue weighted by atomic mass is 35.5. The predicted octanol–water partition coefficient (Wildman–Crippen LogP) is 0.948. The minimum atomic E-state index is -2.32. The average Bonchev–Trinajstić information content (AvgIpc) is 2.72. The molecule has 0 amide bonds. The zero-order valence-corrected chi connectivity index (χ0v) is 16.7. The molecule has 1 fully saturated rings. The standard InChI is InChI=1S/C21H25ClO7/c1-2-28-15-6-3-12(4-7-15)9-13-10-14(5-8-16(13)22)21(27)20(26)19(25)18(24)17(11-23)29-21/h3-8,10,17-20,23-27H,2,9,11H2,1H3/t17-,18+,19-,20+,21?/m0/s1. The molecule has 1 aliphatic rings. The Bertz CT molecular complexity index is 826. The van der Waals surface area contributed by atoms with Crippen LogP contribution in [0.3, 0.4) is 0 Å². The number of benzene rings is 2. The Morgan fingerprint density at radius 3 is 2.38 bits per heavy atom. The number of aliphatic hydroxyl groups excluding tert-OH is 4. The van der Waals surface area contributed by atoms with Crippen molar-refractivity contribution in [3.8, 4) is 5.75 Å². The van der Waals surface area contributed by atoms with E-state index in [-0.39, 0.29) is 5.56 Å². The smallest absolute Gasteiger partial charge is 0.222 e. The summed E-state index contributed by atoms with van der Waals surface area (Å²) in [6.07, 6.45) is -5.87. The molecule has 0 aliphatic carbocycles. The Hall–Kier alpha value is -1.71. The fourth-order valence-electron chi connectivity index (χ4n) is 3.42. The summed E-state index contributed by atoms with van der Waals surface area (Å²) in [5.74, 6) is -1.56. The van der Waals surface area contributed by atoms with Gasteiger partial charge in [0.25, 0.3) is 0 Å². The second kappa shape index (κ2) is 8.97. The van der Waals surface area contributed by atoms with Gasteiger partial charge in [0.15, 0.2) is 0 Å². The van der Waals surface area contributed by atoms with Crippen molar-refractivity contribution in [1.82, 2.24) is 0 Å². The molecule has 1 heterocycles. The normalized spacial score (nSPS) is 29.6. The minimum absolute atomic E-state index is 0.153. The molecule has 7 nitrogen and oxygen atoms in total. The van der Waals surface area contributed by atoms with Gasteiger partial charge < -0.3 is 35.0 Å². The quantitative estimate of drug-likeness (QED) is 0.468. The van der Waals surface area contributed by atoms with E-state index < -0.39 is 36.8 Å². The van der Waals surface area contributed by atoms with Crippen molar-refractivity contribution in [2.45, 2.75) is 43.5 Å². The maximum atomic E-state index is 11.0. The molecular weight excluding hydrogens is 400 g/mol. The van der Waals surface area contributed by atoms with Crippen LogP contribution in [0.5, 0.6) is 5.75 Å². The Labute approximate surface area is 173 Å². The summed E-state index contributed by atoms with van der Waals surface area (Å²) < 4.78 is 10.8. The van der Waals surface area contributed by atoms with Crippen molar-refractivity contribution in [3.05, 3.63) is 64.2 Å². The van der Waals surface area contributed by atoms with Crippen molar-refractivity contribution < 1.29 is 35.0 Å². The van der Waals surface area contributed by atoms with E-state index in [1.54, 1.807) is 12.1 Å². The van der Waals surface area contributed by atoms with Crippen LogP contribution in [-0.4, -0.2) is 63.2 Å². The molecule has 3 rings (SSSR count). The lowest BCUT2D eigenvalue weighted by Crippen LogP contribution is -2.63. The van der Waals surface area contributed by atoms with Gasteiger partial charge in [0.1, 0.15) is 30.2 Å². The van der Waals surface area contributed by atoms with Crippen molar-refractivity contribution in [2.75, 3.05) is 13.2 Å². The summed E-state index contributed by atoms with van der Waals surface area (Å²) in [5, 5.41) is 51.1. The van der Waals surface area contributed by atoms with Crippen LogP contribution in [0.25, 0.3) is 0 Å². The zero-order chi connectivity index (χ0) is 21.2. The molecule has 0 bridgehead atoms. The van der Waals surface area contributed by atoms with Gasteiger partial charge in [-0.2, -0.15) is 0 Å². The van der Waals surface area contributed by atoms with Crippen molar-refractivity contribution >= 4 is 11.6 Å². The minimum Gasteiger partial charge on any atom is -0.494 e. The molecule has 2 aromatic carbocycles. The van der Waals surface area contributed by atoms with Crippen LogP contribution in [0.4, 0.5) is 0 Å². The van der Waals surface area contributed by atoms with Gasteiger partial charge >= 0.3 is 0 Å². The van der Waals surface area contributed by atoms with Gasteiger partial charge in [0.05, 0.1) is 13.2 Å². The van der Waals surface area contributed by atoms with Crippen LogP contribution < -0.4 is 4.74 Å². The van der Waals surface area contributed by atoms with Gasteiger partial charge in [-0.15, -0.1) is 0 Å². The fourth-order valence-corrected chi connectivity index (χ4v) is 3.60. The summed E-state index contributed by atoms with van der Waals surface area (Å²) in [7, 11) is 0. The van der Waals surface area contributed by atoms with Gasteiger partial charge in [-0.1, -0.05) is 29.8 Å². The van der Waals surface area contributed by atoms with Crippen LogP contribution in [0.1, 0.15) is 23.6 Å². The molecule has 8 heteroatoms. The summed E-state index contributed by atoms with van der Waals surface area (Å²) in [6.45, 7) is 1.84. The third-order valence-electron chi connectivity index (χ3n) is 5.05. The van der Waals surface area contributed by atoms with E-state index in [0.29, 0.717) is 23.6 Å². The van der Waals surface area contributed by atoms with Crippen LogP contribution in [-0.2, 0) is 16.9 Å². The van der Waals surface area contributed by atoms with Gasteiger partial charge in [0.2, 0.25) is 5.79 Å². The monoisotopic (exact) mass is 424 g/mol. The first-order chi connectivity index (χ1) is 13.8. The first-order valence-corrected chi connectivity index (χ1v) is 9.73. The van der Waals surface area contributed by atoms with Gasteiger partial charge in [-0.05, 0) is 48.7 Å². The maximum Gasteiger partial charge on any atom is 0.222 e. The van der Waals surface area contributed by atoms with Crippen LogP contribution in [0, 0.1) is 0 Å². The van der Waals surface area contributed by atoms with E-state index in [1.165, 1.54) is 6.07 Å². The lowest BCUT2D eigenvalue weighted by Gasteiger charge is -2.45. The van der Waals surface area contributed by atoms with E-state index in [2.05, 4.69) is 0 Å². The molecule has 0 spiro atoms. The molecule has 5 N–H and O–H groups in total. The Morgan fingerprint density at radius 2 is 1.76 bits per heavy atom. The van der Waals surface area contributed by atoms with Crippen molar-refractivity contribution in [3.63, 3.8) is 0 Å². The van der Waals surface area contributed by atoms with Gasteiger partial charge in [0, 0.05) is 10.6 Å². The lowest BCUT2D eigenvalue weighted by atomic mass is 9.87. The fraction of sp³-hybridized carbons (Fsp3) is 0.429. The molecule has 0 saturated carbocycles. The topological polar surface area (TPSA) is 120 Å². The maximum absolute atomic E-state index is 11.0. The third-order valence-corrected chi connectivity index (χ3v) is 5.42. The Balaban J connectivity index is 1.89. The number of hydrogen-bond donors (Lipinski definition) is 5. The van der Waals surface area contributed by atoms with E-state index in [9.17, 15) is 25.5 Å². The zero-order valence-electron chi connectivity index (χ0n) is 15.9. The highest BCUT2D eigenvalue weighted by Crippen LogP contribution is 2.37. The number of aliphatic hydroxyl groups is 5. The molecule has 1 unspecified atom stereocenters. The van der Waals surface area contributed by atoms with Crippen LogP contribution >= 0.6 is 11.6 Å². The van der Waals surface area contributed by atoms with E-state index in [4.69, 9.17) is 21.1 Å². The first-order valence-electron chi connectivity index (χ1n) is 9.36. The molecule has 0 aromatic heterocycles. The van der Waals surface area contributed by atoms with Crippen LogP contribution in [0.15, 0.2) is 42.5 Å². The van der Waals surface area contributed by atoms with E-state index in [0.717, 1.165) is 11.3 Å². The number of halogens is 1. The molecular formula is C21H25ClO7. The largest absolute Gasteiger partial charge is 0.494 e. The van der Waals surface area contributed by atoms with Crippen molar-refractivity contribution in [1.29, 1.82) is 0 Å². The van der Waals surface area contributed by atoms with Gasteiger partial charge in [-0.3, -0.25) is 0 Å². The molecule has 5 atom stereocenters. The first kappa shape index (κ1) is 22.0. The number of rotatable bonds is 6. The molecule has 1 aliphatic heterocycles. The molecule has 2 aromatic rings. The summed E-state index contributed by atoms with van der Waals surface area (Å²) in [4.78, 5) is 0. The van der Waals surface area contributed by atoms with E-state index >= 15 is 0 Å².